The van der Waals surface area contributed by atoms with Crippen LogP contribution in [0.5, 0.6) is 0 Å². The van der Waals surface area contributed by atoms with Crippen molar-refractivity contribution in [2.75, 3.05) is 0 Å². The molecule has 0 aromatic heterocycles. The summed E-state index contributed by atoms with van der Waals surface area (Å²) in [5, 5.41) is 9.98. The molecule has 0 heterocycles. The normalized spacial score (nSPS) is 28.1. The standard InChI is InChI=1S/C16H12O/c17-14-9-7-12-5-4-10-2-1-3-11-6-8-13(14)16(12)15(10)11/h1-2,4-9,16-17H,3H2. The second-order valence-electron chi connectivity index (χ2n) is 4.77. The summed E-state index contributed by atoms with van der Waals surface area (Å²) in [5.74, 6) is 0.663. The SMILES string of the molecule is OC1=C2C=CC3=C4C(=CC=C(C=C1)C24)C=CC3. The fourth-order valence-electron chi connectivity index (χ4n) is 3.08. The summed E-state index contributed by atoms with van der Waals surface area (Å²) in [6, 6.07) is 0. The van der Waals surface area contributed by atoms with E-state index < -0.39 is 0 Å². The molecular weight excluding hydrogens is 208 g/mol. The molecule has 0 radical (unpaired) electrons. The van der Waals surface area contributed by atoms with Gasteiger partial charge in [-0.3, -0.25) is 0 Å². The zero-order chi connectivity index (χ0) is 11.4. The molecule has 1 N–H and O–H groups in total. The molecule has 1 atom stereocenters. The van der Waals surface area contributed by atoms with E-state index in [0.717, 1.165) is 12.0 Å². The van der Waals surface area contributed by atoms with Crippen LogP contribution in [0.1, 0.15) is 6.42 Å². The summed E-state index contributed by atoms with van der Waals surface area (Å²) >= 11 is 0. The molecule has 4 aliphatic rings. The highest BCUT2D eigenvalue weighted by atomic mass is 16.3. The second-order valence-corrected chi connectivity index (χ2v) is 4.77. The fourth-order valence-corrected chi connectivity index (χ4v) is 3.08. The summed E-state index contributed by atoms with van der Waals surface area (Å²) in [6.45, 7) is 0. The van der Waals surface area contributed by atoms with E-state index in [9.17, 15) is 5.11 Å². The summed E-state index contributed by atoms with van der Waals surface area (Å²) in [4.78, 5) is 0. The highest BCUT2D eigenvalue weighted by Gasteiger charge is 2.33. The van der Waals surface area contributed by atoms with Crippen molar-refractivity contribution in [3.05, 3.63) is 82.2 Å². The van der Waals surface area contributed by atoms with Gasteiger partial charge in [-0.1, -0.05) is 42.5 Å². The van der Waals surface area contributed by atoms with Gasteiger partial charge in [-0.05, 0) is 34.8 Å². The highest BCUT2D eigenvalue weighted by Crippen LogP contribution is 2.47. The van der Waals surface area contributed by atoms with Crippen molar-refractivity contribution in [2.45, 2.75) is 6.42 Å². The molecule has 0 saturated carbocycles. The van der Waals surface area contributed by atoms with E-state index in [-0.39, 0.29) is 5.92 Å². The molecule has 4 rings (SSSR count). The molecule has 0 bridgehead atoms. The largest absolute Gasteiger partial charge is 0.508 e. The number of hydrogen-bond donors (Lipinski definition) is 1. The smallest absolute Gasteiger partial charge is 0.119 e. The van der Waals surface area contributed by atoms with Gasteiger partial charge in [0.15, 0.2) is 0 Å². The maximum atomic E-state index is 9.98. The maximum Gasteiger partial charge on any atom is 0.119 e. The molecule has 1 heteroatoms. The van der Waals surface area contributed by atoms with Gasteiger partial charge in [0, 0.05) is 11.5 Å². The Morgan fingerprint density at radius 1 is 1.00 bits per heavy atom. The Kier molecular flexibility index (Phi) is 1.60. The number of rotatable bonds is 0. The lowest BCUT2D eigenvalue weighted by molar-refractivity contribution is 0.419. The first-order valence-electron chi connectivity index (χ1n) is 5.96. The molecule has 0 aliphatic heterocycles. The van der Waals surface area contributed by atoms with Crippen LogP contribution in [-0.2, 0) is 0 Å². The van der Waals surface area contributed by atoms with Crippen LogP contribution in [0.4, 0.5) is 0 Å². The predicted molar refractivity (Wildman–Crippen MR) is 68.4 cm³/mol. The molecule has 1 unspecified atom stereocenters. The third-order valence-corrected chi connectivity index (χ3v) is 3.87. The van der Waals surface area contributed by atoms with Gasteiger partial charge in [-0.15, -0.1) is 0 Å². The first-order chi connectivity index (χ1) is 8.34. The molecule has 17 heavy (non-hydrogen) atoms. The lowest BCUT2D eigenvalue weighted by atomic mass is 9.69. The summed E-state index contributed by atoms with van der Waals surface area (Å²) in [5.41, 5.74) is 6.40. The van der Waals surface area contributed by atoms with Crippen LogP contribution in [0, 0.1) is 5.92 Å². The van der Waals surface area contributed by atoms with Crippen LogP contribution < -0.4 is 0 Å². The van der Waals surface area contributed by atoms with Crippen LogP contribution in [0.3, 0.4) is 0 Å². The van der Waals surface area contributed by atoms with Gasteiger partial charge in [0.25, 0.3) is 0 Å². The van der Waals surface area contributed by atoms with Gasteiger partial charge in [-0.2, -0.15) is 0 Å². The van der Waals surface area contributed by atoms with Crippen LogP contribution in [0.25, 0.3) is 0 Å². The summed E-state index contributed by atoms with van der Waals surface area (Å²) in [7, 11) is 0. The molecule has 1 nitrogen and oxygen atoms in total. The van der Waals surface area contributed by atoms with Crippen molar-refractivity contribution in [2.24, 2.45) is 5.92 Å². The lowest BCUT2D eigenvalue weighted by Crippen LogP contribution is -2.21. The minimum atomic E-state index is 0.255. The predicted octanol–water partition coefficient (Wildman–Crippen LogP) is 3.68. The third kappa shape index (κ3) is 1.09. The number of allylic oxidation sites excluding steroid dienone is 13. The van der Waals surface area contributed by atoms with Crippen molar-refractivity contribution in [3.8, 4) is 0 Å². The van der Waals surface area contributed by atoms with E-state index in [4.69, 9.17) is 0 Å². The van der Waals surface area contributed by atoms with E-state index in [0.29, 0.717) is 5.76 Å². The first kappa shape index (κ1) is 9.06. The van der Waals surface area contributed by atoms with Crippen LogP contribution in [0.15, 0.2) is 82.2 Å². The van der Waals surface area contributed by atoms with Crippen molar-refractivity contribution in [3.63, 3.8) is 0 Å². The van der Waals surface area contributed by atoms with Gasteiger partial charge < -0.3 is 5.11 Å². The molecule has 0 aromatic carbocycles. The number of aliphatic hydroxyl groups is 1. The Balaban J connectivity index is 2.04. The average Bonchev–Trinajstić information content (AvgIpc) is 2.38. The van der Waals surface area contributed by atoms with E-state index >= 15 is 0 Å². The van der Waals surface area contributed by atoms with Gasteiger partial charge >= 0.3 is 0 Å². The Bertz CT molecular complexity index is 630. The molecule has 0 saturated heterocycles. The first-order valence-corrected chi connectivity index (χ1v) is 5.96. The highest BCUT2D eigenvalue weighted by molar-refractivity contribution is 5.67. The van der Waals surface area contributed by atoms with Gasteiger partial charge in [0.05, 0.1) is 0 Å². The fraction of sp³-hybridized carbons (Fsp3) is 0.125. The Hall–Kier alpha value is -2.02. The molecule has 0 spiro atoms. The molecule has 4 aliphatic carbocycles. The van der Waals surface area contributed by atoms with Crippen LogP contribution in [0.2, 0.25) is 0 Å². The van der Waals surface area contributed by atoms with Crippen molar-refractivity contribution in [1.82, 2.24) is 0 Å². The Labute approximate surface area is 100 Å². The van der Waals surface area contributed by atoms with Crippen LogP contribution in [-0.4, -0.2) is 5.11 Å². The average molecular weight is 220 g/mol. The number of hydrogen-bond acceptors (Lipinski definition) is 1. The lowest BCUT2D eigenvalue weighted by Gasteiger charge is -2.35. The summed E-state index contributed by atoms with van der Waals surface area (Å²) < 4.78 is 0. The quantitative estimate of drug-likeness (QED) is 0.660. The van der Waals surface area contributed by atoms with Crippen molar-refractivity contribution >= 4 is 0 Å². The van der Waals surface area contributed by atoms with Crippen molar-refractivity contribution in [1.29, 1.82) is 0 Å². The van der Waals surface area contributed by atoms with E-state index in [1.807, 2.05) is 6.08 Å². The van der Waals surface area contributed by atoms with Gasteiger partial charge in [-0.25, -0.2) is 0 Å². The Morgan fingerprint density at radius 3 is 2.88 bits per heavy atom. The van der Waals surface area contributed by atoms with Gasteiger partial charge in [0.1, 0.15) is 5.76 Å². The minimum absolute atomic E-state index is 0.255. The molecule has 0 amide bonds. The van der Waals surface area contributed by atoms with Crippen molar-refractivity contribution < 1.29 is 5.11 Å². The number of aliphatic hydroxyl groups excluding tert-OH is 1. The zero-order valence-corrected chi connectivity index (χ0v) is 9.35. The Morgan fingerprint density at radius 2 is 1.94 bits per heavy atom. The van der Waals surface area contributed by atoms with E-state index in [1.165, 1.54) is 22.3 Å². The molecule has 0 fully saturated rings. The zero-order valence-electron chi connectivity index (χ0n) is 9.35. The monoisotopic (exact) mass is 220 g/mol. The minimum Gasteiger partial charge on any atom is -0.508 e. The topological polar surface area (TPSA) is 20.2 Å². The van der Waals surface area contributed by atoms with Crippen LogP contribution >= 0.6 is 0 Å². The third-order valence-electron chi connectivity index (χ3n) is 3.87. The van der Waals surface area contributed by atoms with E-state index in [1.54, 1.807) is 6.08 Å². The molecule has 82 valence electrons. The molecular formula is C16H12O. The second kappa shape index (κ2) is 3.01. The van der Waals surface area contributed by atoms with E-state index in [2.05, 4.69) is 36.5 Å². The summed E-state index contributed by atoms with van der Waals surface area (Å²) in [6.07, 6.45) is 17.8. The molecule has 0 aromatic rings. The van der Waals surface area contributed by atoms with Gasteiger partial charge in [0.2, 0.25) is 0 Å². The maximum absolute atomic E-state index is 9.98.